The Balaban J connectivity index is 1.54. The highest BCUT2D eigenvalue weighted by atomic mass is 16.2. The SMILES string of the molecule is CC[C@H]1CN(C(=O)C2CC2)CC[C@@H]1NCc1nccn1C. The van der Waals surface area contributed by atoms with E-state index in [2.05, 4.69) is 26.7 Å². The molecule has 1 N–H and O–H groups in total. The Morgan fingerprint density at radius 3 is 2.86 bits per heavy atom. The van der Waals surface area contributed by atoms with Gasteiger partial charge in [-0.15, -0.1) is 0 Å². The summed E-state index contributed by atoms with van der Waals surface area (Å²) in [7, 11) is 2.03. The average molecular weight is 290 g/mol. The molecule has 2 fully saturated rings. The number of imidazole rings is 1. The molecule has 1 aliphatic heterocycles. The first-order valence-electron chi connectivity index (χ1n) is 8.17. The van der Waals surface area contributed by atoms with Gasteiger partial charge in [0.05, 0.1) is 6.54 Å². The van der Waals surface area contributed by atoms with Crippen LogP contribution in [0.3, 0.4) is 0 Å². The van der Waals surface area contributed by atoms with Crippen LogP contribution in [0.1, 0.15) is 38.4 Å². The lowest BCUT2D eigenvalue weighted by atomic mass is 9.89. The number of aromatic nitrogens is 2. The summed E-state index contributed by atoms with van der Waals surface area (Å²) in [6.07, 6.45) is 8.20. The molecule has 0 bridgehead atoms. The lowest BCUT2D eigenvalue weighted by molar-refractivity contribution is -0.134. The Morgan fingerprint density at radius 1 is 1.43 bits per heavy atom. The van der Waals surface area contributed by atoms with E-state index in [0.717, 1.165) is 51.1 Å². The Hall–Kier alpha value is -1.36. The van der Waals surface area contributed by atoms with Gasteiger partial charge in [-0.05, 0) is 25.2 Å². The quantitative estimate of drug-likeness (QED) is 0.895. The number of amides is 1. The second-order valence-electron chi connectivity index (χ2n) is 6.46. The highest BCUT2D eigenvalue weighted by Gasteiger charge is 2.37. The third-order valence-corrected chi connectivity index (χ3v) is 4.94. The van der Waals surface area contributed by atoms with Gasteiger partial charge in [-0.3, -0.25) is 4.79 Å². The van der Waals surface area contributed by atoms with Crippen molar-refractivity contribution in [3.8, 4) is 0 Å². The smallest absolute Gasteiger partial charge is 0.225 e. The van der Waals surface area contributed by atoms with E-state index in [-0.39, 0.29) is 0 Å². The number of likely N-dealkylation sites (tertiary alicyclic amines) is 1. The summed E-state index contributed by atoms with van der Waals surface area (Å²) in [6, 6.07) is 0.495. The molecule has 21 heavy (non-hydrogen) atoms. The minimum atomic E-state index is 0.347. The second kappa shape index (κ2) is 6.18. The van der Waals surface area contributed by atoms with Gasteiger partial charge in [-0.2, -0.15) is 0 Å². The first kappa shape index (κ1) is 14.6. The molecule has 2 aliphatic rings. The highest BCUT2D eigenvalue weighted by Crippen LogP contribution is 2.33. The van der Waals surface area contributed by atoms with Crippen LogP contribution in [0.15, 0.2) is 12.4 Å². The molecule has 2 heterocycles. The van der Waals surface area contributed by atoms with Gasteiger partial charge in [0.2, 0.25) is 5.91 Å². The lowest BCUT2D eigenvalue weighted by Gasteiger charge is -2.39. The Bertz CT molecular complexity index is 494. The molecule has 116 valence electrons. The van der Waals surface area contributed by atoms with E-state index in [4.69, 9.17) is 0 Å². The molecule has 0 aromatic carbocycles. The van der Waals surface area contributed by atoms with E-state index >= 15 is 0 Å². The average Bonchev–Trinajstić information content (AvgIpc) is 3.27. The maximum atomic E-state index is 12.2. The number of hydrogen-bond acceptors (Lipinski definition) is 3. The van der Waals surface area contributed by atoms with E-state index in [0.29, 0.717) is 23.8 Å². The topological polar surface area (TPSA) is 50.2 Å². The predicted octanol–water partition coefficient (Wildman–Crippen LogP) is 1.55. The van der Waals surface area contributed by atoms with Crippen molar-refractivity contribution in [3.05, 3.63) is 18.2 Å². The van der Waals surface area contributed by atoms with Crippen LogP contribution in [-0.4, -0.2) is 39.5 Å². The molecule has 1 aromatic rings. The number of carbonyl (C=O) groups is 1. The summed E-state index contributed by atoms with van der Waals surface area (Å²) in [5.74, 6) is 2.37. The van der Waals surface area contributed by atoms with Gasteiger partial charge in [0.1, 0.15) is 5.82 Å². The molecule has 2 atom stereocenters. The maximum Gasteiger partial charge on any atom is 0.225 e. The molecular weight excluding hydrogens is 264 g/mol. The van der Waals surface area contributed by atoms with Crippen LogP contribution in [-0.2, 0) is 18.4 Å². The van der Waals surface area contributed by atoms with Crippen LogP contribution in [0, 0.1) is 11.8 Å². The molecule has 1 saturated heterocycles. The van der Waals surface area contributed by atoms with Crippen molar-refractivity contribution in [2.24, 2.45) is 18.9 Å². The molecule has 0 unspecified atom stereocenters. The molecular formula is C16H26N4O. The van der Waals surface area contributed by atoms with Crippen molar-refractivity contribution in [2.45, 2.75) is 45.2 Å². The molecule has 1 saturated carbocycles. The molecule has 5 nitrogen and oxygen atoms in total. The molecule has 1 aliphatic carbocycles. The molecule has 0 spiro atoms. The molecule has 1 amide bonds. The second-order valence-corrected chi connectivity index (χ2v) is 6.46. The number of nitrogens with one attached hydrogen (secondary N) is 1. The van der Waals surface area contributed by atoms with Crippen LogP contribution in [0.2, 0.25) is 0 Å². The zero-order chi connectivity index (χ0) is 14.8. The number of nitrogens with zero attached hydrogens (tertiary/aromatic N) is 3. The van der Waals surface area contributed by atoms with Gasteiger partial charge < -0.3 is 14.8 Å². The predicted molar refractivity (Wildman–Crippen MR) is 81.5 cm³/mol. The third kappa shape index (κ3) is 3.28. The van der Waals surface area contributed by atoms with Crippen LogP contribution >= 0.6 is 0 Å². The third-order valence-electron chi connectivity index (χ3n) is 4.94. The van der Waals surface area contributed by atoms with Crippen molar-refractivity contribution in [1.82, 2.24) is 19.8 Å². The van der Waals surface area contributed by atoms with E-state index < -0.39 is 0 Å². The number of hydrogen-bond donors (Lipinski definition) is 1. The van der Waals surface area contributed by atoms with E-state index in [1.807, 2.05) is 19.4 Å². The fraction of sp³-hybridized carbons (Fsp3) is 0.750. The maximum absolute atomic E-state index is 12.2. The molecule has 5 heteroatoms. The Labute approximate surface area is 126 Å². The fourth-order valence-corrected chi connectivity index (χ4v) is 3.29. The first-order valence-corrected chi connectivity index (χ1v) is 8.17. The summed E-state index contributed by atoms with van der Waals surface area (Å²) >= 11 is 0. The van der Waals surface area contributed by atoms with Crippen molar-refractivity contribution >= 4 is 5.91 Å². The summed E-state index contributed by atoms with van der Waals surface area (Å²) in [6.45, 7) is 4.86. The molecule has 3 rings (SSSR count). The Kier molecular flexibility index (Phi) is 4.29. The van der Waals surface area contributed by atoms with E-state index in [1.54, 1.807) is 0 Å². The van der Waals surface area contributed by atoms with Crippen LogP contribution in [0.5, 0.6) is 0 Å². The number of rotatable bonds is 5. The zero-order valence-electron chi connectivity index (χ0n) is 13.1. The van der Waals surface area contributed by atoms with Crippen molar-refractivity contribution < 1.29 is 4.79 Å². The van der Waals surface area contributed by atoms with E-state index in [1.165, 1.54) is 0 Å². The monoisotopic (exact) mass is 290 g/mol. The van der Waals surface area contributed by atoms with Crippen LogP contribution in [0.4, 0.5) is 0 Å². The number of aryl methyl sites for hydroxylation is 1. The fourth-order valence-electron chi connectivity index (χ4n) is 3.29. The first-order chi connectivity index (χ1) is 10.2. The summed E-state index contributed by atoms with van der Waals surface area (Å²) in [4.78, 5) is 18.7. The summed E-state index contributed by atoms with van der Waals surface area (Å²) < 4.78 is 2.06. The van der Waals surface area contributed by atoms with Crippen LogP contribution in [0.25, 0.3) is 0 Å². The van der Waals surface area contributed by atoms with Crippen molar-refractivity contribution in [1.29, 1.82) is 0 Å². The van der Waals surface area contributed by atoms with Gasteiger partial charge in [0, 0.05) is 44.5 Å². The summed E-state index contributed by atoms with van der Waals surface area (Å²) in [5.41, 5.74) is 0. The van der Waals surface area contributed by atoms with Gasteiger partial charge in [-0.1, -0.05) is 13.3 Å². The number of carbonyl (C=O) groups excluding carboxylic acids is 1. The standard InChI is InChI=1S/C16H26N4O/c1-3-12-11-20(16(21)13-4-5-13)8-6-14(12)18-10-15-17-7-9-19(15)2/h7,9,12-14,18H,3-6,8,10-11H2,1-2H3/t12-,14-/m0/s1. The highest BCUT2D eigenvalue weighted by molar-refractivity contribution is 5.81. The molecule has 1 aromatic heterocycles. The minimum absolute atomic E-state index is 0.347. The lowest BCUT2D eigenvalue weighted by Crippen LogP contribution is -2.51. The molecule has 0 radical (unpaired) electrons. The van der Waals surface area contributed by atoms with Crippen LogP contribution < -0.4 is 5.32 Å². The van der Waals surface area contributed by atoms with E-state index in [9.17, 15) is 4.79 Å². The van der Waals surface area contributed by atoms with Gasteiger partial charge in [0.15, 0.2) is 0 Å². The largest absolute Gasteiger partial charge is 0.342 e. The minimum Gasteiger partial charge on any atom is -0.342 e. The van der Waals surface area contributed by atoms with Gasteiger partial charge in [-0.25, -0.2) is 4.98 Å². The zero-order valence-corrected chi connectivity index (χ0v) is 13.1. The summed E-state index contributed by atoms with van der Waals surface area (Å²) in [5, 5.41) is 3.65. The van der Waals surface area contributed by atoms with Gasteiger partial charge in [0.25, 0.3) is 0 Å². The van der Waals surface area contributed by atoms with Gasteiger partial charge >= 0.3 is 0 Å². The number of piperidine rings is 1. The van der Waals surface area contributed by atoms with Crippen molar-refractivity contribution in [2.75, 3.05) is 13.1 Å². The normalized spacial score (nSPS) is 26.1. The van der Waals surface area contributed by atoms with Crippen molar-refractivity contribution in [3.63, 3.8) is 0 Å². The Morgan fingerprint density at radius 2 is 2.24 bits per heavy atom.